The third-order valence-electron chi connectivity index (χ3n) is 3.45. The normalized spacial score (nSPS) is 49.5. The molecule has 0 bridgehead atoms. The number of hydrogen-bond acceptors (Lipinski definition) is 6. The van der Waals surface area contributed by atoms with Gasteiger partial charge in [-0.05, 0) is 27.7 Å². The summed E-state index contributed by atoms with van der Waals surface area (Å²) in [4.78, 5) is 0. The number of ether oxygens (including phenoxy) is 5. The van der Waals surface area contributed by atoms with Gasteiger partial charge in [-0.1, -0.05) is 0 Å². The van der Waals surface area contributed by atoms with Crippen LogP contribution in [0.4, 0.5) is 0 Å². The highest BCUT2D eigenvalue weighted by molar-refractivity contribution is 4.97. The molecule has 0 aromatic carbocycles. The molecule has 1 N–H and O–H groups in total. The molecule has 3 fully saturated rings. The third kappa shape index (κ3) is 2.07. The summed E-state index contributed by atoms with van der Waals surface area (Å²) in [5.74, 6) is -1.35. The topological polar surface area (TPSA) is 66.4 Å². The van der Waals surface area contributed by atoms with E-state index >= 15 is 0 Å². The molecular formula is C12H20O6. The lowest BCUT2D eigenvalue weighted by Crippen LogP contribution is -2.42. The van der Waals surface area contributed by atoms with Gasteiger partial charge in [0, 0.05) is 0 Å². The zero-order chi connectivity index (χ0) is 13.1. The van der Waals surface area contributed by atoms with Gasteiger partial charge < -0.3 is 28.8 Å². The minimum Gasteiger partial charge on any atom is -0.387 e. The van der Waals surface area contributed by atoms with Crippen molar-refractivity contribution in [1.29, 1.82) is 0 Å². The molecule has 18 heavy (non-hydrogen) atoms. The van der Waals surface area contributed by atoms with E-state index in [9.17, 15) is 5.11 Å². The highest BCUT2D eigenvalue weighted by atomic mass is 16.8. The Morgan fingerprint density at radius 2 is 1.67 bits per heavy atom. The summed E-state index contributed by atoms with van der Waals surface area (Å²) >= 11 is 0. The Bertz CT molecular complexity index is 341. The fourth-order valence-electron chi connectivity index (χ4n) is 2.70. The van der Waals surface area contributed by atoms with Crippen LogP contribution in [0.5, 0.6) is 0 Å². The maximum atomic E-state index is 10.3. The van der Waals surface area contributed by atoms with Crippen LogP contribution in [0.2, 0.25) is 0 Å². The minimum absolute atomic E-state index is 0.295. The van der Waals surface area contributed by atoms with E-state index in [1.165, 1.54) is 0 Å². The molecule has 0 spiro atoms. The summed E-state index contributed by atoms with van der Waals surface area (Å²) in [5.41, 5.74) is 0. The van der Waals surface area contributed by atoms with Crippen LogP contribution in [-0.2, 0) is 23.7 Å². The van der Waals surface area contributed by atoms with Crippen molar-refractivity contribution >= 4 is 0 Å². The lowest BCUT2D eigenvalue weighted by Gasteiger charge is -2.26. The van der Waals surface area contributed by atoms with Crippen LogP contribution < -0.4 is 0 Å². The summed E-state index contributed by atoms with van der Waals surface area (Å²) in [6, 6.07) is 0. The first kappa shape index (κ1) is 12.8. The predicted octanol–water partition coefficient (Wildman–Crippen LogP) is 0.375. The first-order chi connectivity index (χ1) is 8.27. The number of hydrogen-bond donors (Lipinski definition) is 1. The van der Waals surface area contributed by atoms with Crippen molar-refractivity contribution in [2.75, 3.05) is 6.61 Å². The minimum atomic E-state index is -0.765. The Morgan fingerprint density at radius 3 is 2.22 bits per heavy atom. The van der Waals surface area contributed by atoms with Crippen LogP contribution in [0.1, 0.15) is 27.7 Å². The summed E-state index contributed by atoms with van der Waals surface area (Å²) in [6.07, 6.45) is -2.53. The molecule has 3 saturated heterocycles. The molecule has 0 saturated carbocycles. The van der Waals surface area contributed by atoms with Gasteiger partial charge in [0.1, 0.15) is 24.4 Å². The van der Waals surface area contributed by atoms with Gasteiger partial charge in [-0.25, -0.2) is 0 Å². The van der Waals surface area contributed by atoms with Crippen molar-refractivity contribution in [3.8, 4) is 0 Å². The molecule has 6 nitrogen and oxygen atoms in total. The van der Waals surface area contributed by atoms with E-state index in [1.54, 1.807) is 13.8 Å². The second kappa shape index (κ2) is 3.88. The van der Waals surface area contributed by atoms with E-state index in [-0.39, 0.29) is 6.10 Å². The fourth-order valence-corrected chi connectivity index (χ4v) is 2.70. The van der Waals surface area contributed by atoms with Crippen LogP contribution in [-0.4, -0.2) is 54.0 Å². The zero-order valence-corrected chi connectivity index (χ0v) is 11.1. The van der Waals surface area contributed by atoms with E-state index in [0.717, 1.165) is 0 Å². The first-order valence-electron chi connectivity index (χ1n) is 6.28. The molecule has 3 aliphatic heterocycles. The van der Waals surface area contributed by atoms with Crippen molar-refractivity contribution in [3.63, 3.8) is 0 Å². The van der Waals surface area contributed by atoms with Crippen LogP contribution in [0.3, 0.4) is 0 Å². The molecule has 104 valence electrons. The van der Waals surface area contributed by atoms with Crippen LogP contribution in [0.15, 0.2) is 0 Å². The largest absolute Gasteiger partial charge is 0.387 e. The van der Waals surface area contributed by atoms with Gasteiger partial charge >= 0.3 is 0 Å². The molecule has 3 aliphatic rings. The number of aliphatic hydroxyl groups is 1. The van der Waals surface area contributed by atoms with Gasteiger partial charge in [-0.3, -0.25) is 0 Å². The Labute approximate surface area is 106 Å². The van der Waals surface area contributed by atoms with Gasteiger partial charge in [0.15, 0.2) is 17.9 Å². The van der Waals surface area contributed by atoms with Crippen molar-refractivity contribution in [1.82, 2.24) is 0 Å². The third-order valence-corrected chi connectivity index (χ3v) is 3.45. The second-order valence-corrected chi connectivity index (χ2v) is 5.93. The summed E-state index contributed by atoms with van der Waals surface area (Å²) in [6.45, 7) is 7.68. The number of rotatable bonds is 1. The molecule has 0 amide bonds. The van der Waals surface area contributed by atoms with Crippen molar-refractivity contribution in [2.24, 2.45) is 0 Å². The van der Waals surface area contributed by atoms with Gasteiger partial charge in [0.25, 0.3) is 0 Å². The Morgan fingerprint density at radius 1 is 0.944 bits per heavy atom. The Balaban J connectivity index is 1.68. The Kier molecular flexibility index (Phi) is 2.75. The monoisotopic (exact) mass is 260 g/mol. The van der Waals surface area contributed by atoms with Gasteiger partial charge in [0.05, 0.1) is 6.61 Å². The molecule has 3 heterocycles. The summed E-state index contributed by atoms with van der Waals surface area (Å²) in [5, 5.41) is 10.3. The molecule has 0 aliphatic carbocycles. The maximum Gasteiger partial charge on any atom is 0.190 e. The highest BCUT2D eigenvalue weighted by Gasteiger charge is 2.57. The fraction of sp³-hybridized carbons (Fsp3) is 1.00. The Hall–Kier alpha value is -0.240. The maximum absolute atomic E-state index is 10.3. The van der Waals surface area contributed by atoms with E-state index < -0.39 is 36.2 Å². The van der Waals surface area contributed by atoms with Gasteiger partial charge in [-0.15, -0.1) is 0 Å². The second-order valence-electron chi connectivity index (χ2n) is 5.93. The van der Waals surface area contributed by atoms with Crippen molar-refractivity contribution in [3.05, 3.63) is 0 Å². The molecule has 0 aromatic heterocycles. The SMILES string of the molecule is CC1(C)OCC([C@H]2O[C@@H]3OC(C)(C)O[C@@H]3[C@H]2O)O1. The molecule has 0 radical (unpaired) electrons. The van der Waals surface area contributed by atoms with Crippen molar-refractivity contribution < 1.29 is 28.8 Å². The van der Waals surface area contributed by atoms with Crippen LogP contribution >= 0.6 is 0 Å². The standard InChI is InChI=1S/C12H20O6/c1-11(2)14-5-6(16-11)8-7(13)9-10(15-8)18-12(3,4)17-9/h6-10,13H,5H2,1-4H3/t6?,7-,8+,9+,10+/m0/s1. The van der Waals surface area contributed by atoms with Crippen LogP contribution in [0, 0.1) is 0 Å². The predicted molar refractivity (Wildman–Crippen MR) is 59.6 cm³/mol. The van der Waals surface area contributed by atoms with Gasteiger partial charge in [0.2, 0.25) is 0 Å². The van der Waals surface area contributed by atoms with E-state index in [0.29, 0.717) is 6.61 Å². The first-order valence-corrected chi connectivity index (χ1v) is 6.28. The molecular weight excluding hydrogens is 240 g/mol. The molecule has 1 unspecified atom stereocenters. The molecule has 3 rings (SSSR count). The average molecular weight is 260 g/mol. The van der Waals surface area contributed by atoms with Crippen molar-refractivity contribution in [2.45, 2.75) is 70.0 Å². The summed E-state index contributed by atoms with van der Waals surface area (Å²) < 4.78 is 28.1. The average Bonchev–Trinajstić information content (AvgIpc) is 2.81. The zero-order valence-electron chi connectivity index (χ0n) is 11.1. The van der Waals surface area contributed by atoms with Crippen LogP contribution in [0.25, 0.3) is 0 Å². The van der Waals surface area contributed by atoms with E-state index in [4.69, 9.17) is 23.7 Å². The quantitative estimate of drug-likeness (QED) is 0.735. The van der Waals surface area contributed by atoms with Gasteiger partial charge in [-0.2, -0.15) is 0 Å². The number of aliphatic hydroxyl groups excluding tert-OH is 1. The smallest absolute Gasteiger partial charge is 0.190 e. The van der Waals surface area contributed by atoms with E-state index in [2.05, 4.69) is 0 Å². The highest BCUT2D eigenvalue weighted by Crippen LogP contribution is 2.40. The molecule has 6 heteroatoms. The summed E-state index contributed by atoms with van der Waals surface area (Å²) in [7, 11) is 0. The molecule has 5 atom stereocenters. The number of fused-ring (bicyclic) bond motifs is 1. The lowest BCUT2D eigenvalue weighted by atomic mass is 10.1. The van der Waals surface area contributed by atoms with E-state index in [1.807, 2.05) is 13.8 Å². The lowest BCUT2D eigenvalue weighted by molar-refractivity contribution is -0.232. The molecule has 0 aromatic rings.